The number of unbranched alkanes of at least 4 members (excludes halogenated alkanes) is 2. The highest BCUT2D eigenvalue weighted by Gasteiger charge is 2.12. The molecule has 0 aliphatic carbocycles. The van der Waals surface area contributed by atoms with E-state index in [1.165, 1.54) is 0 Å². The number of nitrogens with zero attached hydrogens (tertiary/aromatic N) is 1. The molecule has 0 radical (unpaired) electrons. The van der Waals surface area contributed by atoms with Crippen molar-refractivity contribution in [1.29, 1.82) is 0 Å². The van der Waals surface area contributed by atoms with Gasteiger partial charge < -0.3 is 28.4 Å². The van der Waals surface area contributed by atoms with Crippen LogP contribution >= 0.6 is 0 Å². The smallest absolute Gasteiger partial charge is 0.343 e. The van der Waals surface area contributed by atoms with E-state index >= 15 is 0 Å². The van der Waals surface area contributed by atoms with Gasteiger partial charge in [-0.25, -0.2) is 19.2 Å². The first-order valence-corrected chi connectivity index (χ1v) is 17.5. The van der Waals surface area contributed by atoms with Crippen LogP contribution in [0.5, 0.6) is 23.0 Å². The zero-order valence-corrected chi connectivity index (χ0v) is 30.2. The Hall–Kier alpha value is -6.49. The lowest BCUT2D eigenvalue weighted by Crippen LogP contribution is -2.09. The third kappa shape index (κ3) is 13.6. The van der Waals surface area contributed by atoms with E-state index in [2.05, 4.69) is 13.2 Å². The van der Waals surface area contributed by atoms with Crippen LogP contribution in [0.15, 0.2) is 127 Å². The summed E-state index contributed by atoms with van der Waals surface area (Å²) in [6.07, 6.45) is 5.65. The molecule has 11 nitrogen and oxygen atoms in total. The lowest BCUT2D eigenvalue weighted by atomic mass is 10.1. The zero-order chi connectivity index (χ0) is 38.5. The minimum Gasteiger partial charge on any atom is -0.494 e. The Labute approximate surface area is 314 Å². The molecular weight excluding hydrogens is 690 g/mol. The fourth-order valence-electron chi connectivity index (χ4n) is 4.77. The summed E-state index contributed by atoms with van der Waals surface area (Å²) in [6, 6.07) is 27.4. The molecule has 0 saturated heterocycles. The van der Waals surface area contributed by atoms with Crippen LogP contribution in [0, 0.1) is 0 Å². The summed E-state index contributed by atoms with van der Waals surface area (Å²) in [4.78, 5) is 52.3. The Morgan fingerprint density at radius 2 is 0.889 bits per heavy atom. The zero-order valence-electron chi connectivity index (χ0n) is 30.2. The van der Waals surface area contributed by atoms with E-state index in [-0.39, 0.29) is 0 Å². The monoisotopic (exact) mass is 733 g/mol. The fraction of sp³-hybridized carbons (Fsp3) is 0.233. The molecule has 0 aliphatic heterocycles. The maximum Gasteiger partial charge on any atom is 0.343 e. The molecule has 0 spiro atoms. The molecule has 4 aromatic carbocycles. The Bertz CT molecular complexity index is 1880. The molecule has 4 aromatic rings. The van der Waals surface area contributed by atoms with Crippen molar-refractivity contribution in [3.8, 4) is 23.0 Å². The van der Waals surface area contributed by atoms with E-state index in [0.717, 1.165) is 23.4 Å². The Balaban J connectivity index is 1.22. The standard InChI is InChI=1S/C43H43NO10/c1-4-39(31-11-23-37(24-12-31)53-42(47)32-13-19-35(20-14-32)49-27-7-9-29-51-40(45)5-2)44-34-17-25-38(26-18-34)54-43(48)33-15-21-36(22-16-33)50-28-8-10-30-52-41(46)6-3/h5-6,11-26H,2-4,7-10,27-30H2,1H3/b44-39+. The van der Waals surface area contributed by atoms with Crippen molar-refractivity contribution in [3.63, 3.8) is 0 Å². The van der Waals surface area contributed by atoms with Crippen LogP contribution in [0.4, 0.5) is 5.69 Å². The lowest BCUT2D eigenvalue weighted by Gasteiger charge is -2.09. The van der Waals surface area contributed by atoms with Gasteiger partial charge in [0.05, 0.1) is 43.2 Å². The number of benzene rings is 4. The van der Waals surface area contributed by atoms with Crippen molar-refractivity contribution in [3.05, 3.63) is 139 Å². The molecule has 0 N–H and O–H groups in total. The van der Waals surface area contributed by atoms with Gasteiger partial charge in [0.2, 0.25) is 0 Å². The molecule has 0 aliphatic rings. The van der Waals surface area contributed by atoms with Crippen molar-refractivity contribution >= 4 is 35.3 Å². The van der Waals surface area contributed by atoms with Gasteiger partial charge in [0, 0.05) is 17.9 Å². The molecule has 0 bridgehead atoms. The van der Waals surface area contributed by atoms with Gasteiger partial charge in [-0.05, 0) is 135 Å². The van der Waals surface area contributed by atoms with Gasteiger partial charge >= 0.3 is 23.9 Å². The molecule has 4 rings (SSSR count). The number of ether oxygens (including phenoxy) is 6. The molecule has 11 heteroatoms. The molecule has 0 amide bonds. The third-order valence-corrected chi connectivity index (χ3v) is 7.66. The van der Waals surface area contributed by atoms with E-state index in [0.29, 0.717) is 98.3 Å². The Morgan fingerprint density at radius 3 is 1.30 bits per heavy atom. The number of carbonyl (C=O) groups excluding carboxylic acids is 4. The summed E-state index contributed by atoms with van der Waals surface area (Å²) in [6.45, 7) is 10.2. The lowest BCUT2D eigenvalue weighted by molar-refractivity contribution is -0.138. The van der Waals surface area contributed by atoms with Gasteiger partial charge in [-0.1, -0.05) is 20.1 Å². The van der Waals surface area contributed by atoms with Crippen LogP contribution < -0.4 is 18.9 Å². The van der Waals surface area contributed by atoms with E-state index in [1.54, 1.807) is 84.9 Å². The SMILES string of the molecule is C=CC(=O)OCCCCOc1ccc(C(=O)Oc2ccc(/N=C(\CC)c3ccc(OC(=O)c4ccc(OCCCCOC(=O)C=C)cc4)cc3)cc2)cc1. The van der Waals surface area contributed by atoms with Crippen molar-refractivity contribution in [1.82, 2.24) is 0 Å². The molecule has 0 heterocycles. The number of aliphatic imine (C=N–C) groups is 1. The van der Waals surface area contributed by atoms with Crippen LogP contribution in [0.25, 0.3) is 0 Å². The summed E-state index contributed by atoms with van der Waals surface area (Å²) < 4.78 is 32.3. The second-order valence-electron chi connectivity index (χ2n) is 11.6. The van der Waals surface area contributed by atoms with Crippen molar-refractivity contribution in [2.24, 2.45) is 4.99 Å². The topological polar surface area (TPSA) is 136 Å². The number of carbonyl (C=O) groups is 4. The Morgan fingerprint density at radius 1 is 0.519 bits per heavy atom. The molecule has 0 fully saturated rings. The molecule has 280 valence electrons. The van der Waals surface area contributed by atoms with E-state index in [1.807, 2.05) is 19.1 Å². The highest BCUT2D eigenvalue weighted by Crippen LogP contribution is 2.23. The van der Waals surface area contributed by atoms with Gasteiger partial charge in [-0.3, -0.25) is 4.99 Å². The summed E-state index contributed by atoms with van der Waals surface area (Å²) in [5.74, 6) is 0.115. The van der Waals surface area contributed by atoms with Crippen LogP contribution in [0.3, 0.4) is 0 Å². The number of hydrogen-bond acceptors (Lipinski definition) is 11. The molecule has 0 atom stereocenters. The summed E-state index contributed by atoms with van der Waals surface area (Å²) >= 11 is 0. The molecule has 0 unspecified atom stereocenters. The highest BCUT2D eigenvalue weighted by molar-refractivity contribution is 6.02. The van der Waals surface area contributed by atoms with E-state index in [4.69, 9.17) is 33.4 Å². The van der Waals surface area contributed by atoms with Crippen LogP contribution in [-0.2, 0) is 19.1 Å². The fourth-order valence-corrected chi connectivity index (χ4v) is 4.77. The van der Waals surface area contributed by atoms with E-state index in [9.17, 15) is 19.2 Å². The first-order chi connectivity index (χ1) is 26.3. The number of esters is 4. The third-order valence-electron chi connectivity index (χ3n) is 7.66. The van der Waals surface area contributed by atoms with Crippen LogP contribution in [-0.4, -0.2) is 56.0 Å². The average Bonchev–Trinajstić information content (AvgIpc) is 3.20. The first-order valence-electron chi connectivity index (χ1n) is 17.5. The number of rotatable bonds is 21. The number of hydrogen-bond donors (Lipinski definition) is 0. The predicted octanol–water partition coefficient (Wildman–Crippen LogP) is 8.43. The molecular formula is C43H43NO10. The maximum atomic E-state index is 12.7. The van der Waals surface area contributed by atoms with Crippen molar-refractivity contribution in [2.45, 2.75) is 39.0 Å². The van der Waals surface area contributed by atoms with Gasteiger partial charge in [0.1, 0.15) is 23.0 Å². The van der Waals surface area contributed by atoms with Gasteiger partial charge in [0.25, 0.3) is 0 Å². The van der Waals surface area contributed by atoms with Crippen LogP contribution in [0.1, 0.15) is 65.3 Å². The highest BCUT2D eigenvalue weighted by atomic mass is 16.5. The normalized spacial score (nSPS) is 10.8. The second kappa shape index (κ2) is 21.8. The average molecular weight is 734 g/mol. The summed E-state index contributed by atoms with van der Waals surface area (Å²) in [7, 11) is 0. The molecule has 0 aromatic heterocycles. The molecule has 0 saturated carbocycles. The quantitative estimate of drug-likeness (QED) is 0.0270. The van der Waals surface area contributed by atoms with Gasteiger partial charge in [-0.2, -0.15) is 0 Å². The Kier molecular flexibility index (Phi) is 16.2. The maximum absolute atomic E-state index is 12.7. The summed E-state index contributed by atoms with van der Waals surface area (Å²) in [5.41, 5.74) is 3.13. The minimum absolute atomic E-state index is 0.305. The van der Waals surface area contributed by atoms with Crippen molar-refractivity contribution in [2.75, 3.05) is 26.4 Å². The second-order valence-corrected chi connectivity index (χ2v) is 11.6. The van der Waals surface area contributed by atoms with Crippen LogP contribution in [0.2, 0.25) is 0 Å². The first kappa shape index (κ1) is 40.3. The van der Waals surface area contributed by atoms with Crippen molar-refractivity contribution < 1.29 is 47.6 Å². The minimum atomic E-state index is -0.503. The predicted molar refractivity (Wildman–Crippen MR) is 204 cm³/mol. The van der Waals surface area contributed by atoms with Gasteiger partial charge in [0.15, 0.2) is 0 Å². The van der Waals surface area contributed by atoms with Gasteiger partial charge in [-0.15, -0.1) is 0 Å². The van der Waals surface area contributed by atoms with E-state index < -0.39 is 23.9 Å². The largest absolute Gasteiger partial charge is 0.494 e. The molecule has 54 heavy (non-hydrogen) atoms. The summed E-state index contributed by atoms with van der Waals surface area (Å²) in [5, 5.41) is 0.